The lowest BCUT2D eigenvalue weighted by molar-refractivity contribution is 0.289. The van der Waals surface area contributed by atoms with Crippen LogP contribution < -0.4 is 10.5 Å². The smallest absolute Gasteiger partial charge is 0.165 e. The third-order valence-electron chi connectivity index (χ3n) is 3.01. The number of rotatable bonds is 4. The quantitative estimate of drug-likeness (QED) is 0.922. The maximum Gasteiger partial charge on any atom is 0.165 e. The Labute approximate surface area is 129 Å². The maximum atomic E-state index is 13.5. The summed E-state index contributed by atoms with van der Waals surface area (Å²) >= 11 is 1.54. The van der Waals surface area contributed by atoms with E-state index in [2.05, 4.69) is 25.8 Å². The minimum absolute atomic E-state index is 0.0704. The molecule has 0 bridgehead atoms. The molecule has 3 nitrogen and oxygen atoms in total. The van der Waals surface area contributed by atoms with Crippen molar-refractivity contribution in [2.45, 2.75) is 45.8 Å². The molecule has 1 heterocycles. The average Bonchev–Trinajstić information content (AvgIpc) is 2.82. The number of nitrogens with zero attached hydrogens (tertiary/aromatic N) is 1. The molecule has 5 heteroatoms. The third kappa shape index (κ3) is 3.80. The van der Waals surface area contributed by atoms with Gasteiger partial charge in [0, 0.05) is 16.3 Å². The fourth-order valence-corrected chi connectivity index (χ4v) is 3.13. The molecule has 0 saturated heterocycles. The summed E-state index contributed by atoms with van der Waals surface area (Å²) in [6.45, 7) is 8.52. The Balaban J connectivity index is 2.20. The molecule has 1 unspecified atom stereocenters. The first kappa shape index (κ1) is 15.9. The van der Waals surface area contributed by atoms with E-state index in [1.807, 2.05) is 6.92 Å². The van der Waals surface area contributed by atoms with Gasteiger partial charge in [0.25, 0.3) is 0 Å². The van der Waals surface area contributed by atoms with Crippen LogP contribution in [0.1, 0.15) is 49.3 Å². The van der Waals surface area contributed by atoms with E-state index in [9.17, 15) is 4.39 Å². The highest BCUT2D eigenvalue weighted by molar-refractivity contribution is 7.11. The van der Waals surface area contributed by atoms with E-state index >= 15 is 0 Å². The number of thiazole rings is 1. The molecule has 0 spiro atoms. The van der Waals surface area contributed by atoms with E-state index < -0.39 is 0 Å². The number of benzene rings is 1. The Morgan fingerprint density at radius 3 is 2.52 bits per heavy atom. The molecule has 0 amide bonds. The van der Waals surface area contributed by atoms with Gasteiger partial charge in [0.05, 0.1) is 5.69 Å². The van der Waals surface area contributed by atoms with Gasteiger partial charge in [0.2, 0.25) is 0 Å². The first-order valence-electron chi connectivity index (χ1n) is 6.92. The van der Waals surface area contributed by atoms with Crippen LogP contribution in [0.15, 0.2) is 24.3 Å². The van der Waals surface area contributed by atoms with Crippen molar-refractivity contribution in [1.29, 1.82) is 0 Å². The lowest BCUT2D eigenvalue weighted by atomic mass is 9.90. The number of nitrogens with two attached hydrogens (primary N) is 1. The first-order chi connectivity index (χ1) is 9.79. The average molecular weight is 308 g/mol. The van der Waals surface area contributed by atoms with Crippen LogP contribution in [0, 0.1) is 5.82 Å². The van der Waals surface area contributed by atoms with Crippen molar-refractivity contribution < 1.29 is 9.13 Å². The molecule has 2 rings (SSSR count). The summed E-state index contributed by atoms with van der Waals surface area (Å²) in [4.78, 5) is 5.70. The Morgan fingerprint density at radius 1 is 1.33 bits per heavy atom. The van der Waals surface area contributed by atoms with E-state index in [0.29, 0.717) is 0 Å². The number of aromatic nitrogens is 1. The lowest BCUT2D eigenvalue weighted by Crippen LogP contribution is -2.17. The zero-order valence-corrected chi connectivity index (χ0v) is 13.6. The molecule has 0 saturated carbocycles. The highest BCUT2D eigenvalue weighted by Crippen LogP contribution is 2.33. The molecule has 0 aliphatic carbocycles. The van der Waals surface area contributed by atoms with Crippen LogP contribution in [0.25, 0.3) is 0 Å². The molecule has 0 aliphatic heterocycles. The predicted octanol–water partition coefficient (Wildman–Crippen LogP) is 4.18. The van der Waals surface area contributed by atoms with Gasteiger partial charge in [-0.15, -0.1) is 11.3 Å². The van der Waals surface area contributed by atoms with Crippen molar-refractivity contribution in [3.05, 3.63) is 45.7 Å². The zero-order valence-electron chi connectivity index (χ0n) is 12.8. The van der Waals surface area contributed by atoms with Crippen LogP contribution in [-0.4, -0.2) is 4.98 Å². The van der Waals surface area contributed by atoms with Crippen molar-refractivity contribution in [2.24, 2.45) is 5.73 Å². The number of halogens is 1. The Bertz CT molecular complexity index is 617. The fraction of sp³-hybridized carbons (Fsp3) is 0.438. The molecule has 0 fully saturated rings. The van der Waals surface area contributed by atoms with E-state index in [-0.39, 0.29) is 29.6 Å². The fourth-order valence-electron chi connectivity index (χ4n) is 1.99. The molecule has 1 aromatic heterocycles. The van der Waals surface area contributed by atoms with Crippen molar-refractivity contribution >= 4 is 11.3 Å². The van der Waals surface area contributed by atoms with Crippen LogP contribution in [0.5, 0.6) is 5.75 Å². The lowest BCUT2D eigenvalue weighted by Gasteiger charge is -2.18. The van der Waals surface area contributed by atoms with Crippen LogP contribution in [0.4, 0.5) is 4.39 Å². The standard InChI is InChI=1S/C16H21FN2OS/c1-10(18)14-15(16(2,3)4)19-13(21-14)9-20-12-8-6-5-7-11(12)17/h5-8,10H,9,18H2,1-4H3. The third-order valence-corrected chi connectivity index (χ3v) is 4.24. The summed E-state index contributed by atoms with van der Waals surface area (Å²) < 4.78 is 19.0. The topological polar surface area (TPSA) is 48.1 Å². The monoisotopic (exact) mass is 308 g/mol. The molecular formula is C16H21FN2OS. The Hall–Kier alpha value is -1.46. The summed E-state index contributed by atoms with van der Waals surface area (Å²) in [5, 5.41) is 0.815. The Morgan fingerprint density at radius 2 is 2.00 bits per heavy atom. The van der Waals surface area contributed by atoms with Crippen molar-refractivity contribution in [3.8, 4) is 5.75 Å². The summed E-state index contributed by atoms with van der Waals surface area (Å²) in [7, 11) is 0. The molecule has 2 aromatic rings. The zero-order chi connectivity index (χ0) is 15.6. The van der Waals surface area contributed by atoms with Crippen LogP contribution >= 0.6 is 11.3 Å². The summed E-state index contributed by atoms with van der Waals surface area (Å²) in [5.74, 6) is -0.120. The number of hydrogen-bond donors (Lipinski definition) is 1. The second-order valence-electron chi connectivity index (χ2n) is 6.08. The van der Waals surface area contributed by atoms with E-state index in [0.717, 1.165) is 15.6 Å². The van der Waals surface area contributed by atoms with E-state index in [1.165, 1.54) is 17.4 Å². The SMILES string of the molecule is CC(N)c1sc(COc2ccccc2F)nc1C(C)(C)C. The van der Waals surface area contributed by atoms with Gasteiger partial charge in [-0.1, -0.05) is 32.9 Å². The van der Waals surface area contributed by atoms with Gasteiger partial charge < -0.3 is 10.5 Å². The van der Waals surface area contributed by atoms with Gasteiger partial charge in [-0.3, -0.25) is 0 Å². The highest BCUT2D eigenvalue weighted by Gasteiger charge is 2.25. The van der Waals surface area contributed by atoms with Crippen LogP contribution in [0.3, 0.4) is 0 Å². The van der Waals surface area contributed by atoms with Crippen molar-refractivity contribution in [2.75, 3.05) is 0 Å². The molecule has 1 aromatic carbocycles. The minimum atomic E-state index is -0.363. The van der Waals surface area contributed by atoms with Crippen LogP contribution in [-0.2, 0) is 12.0 Å². The molecule has 0 aliphatic rings. The highest BCUT2D eigenvalue weighted by atomic mass is 32.1. The van der Waals surface area contributed by atoms with Gasteiger partial charge in [-0.2, -0.15) is 0 Å². The van der Waals surface area contributed by atoms with Gasteiger partial charge in [-0.25, -0.2) is 9.37 Å². The summed E-state index contributed by atoms with van der Waals surface area (Å²) in [6.07, 6.45) is 0. The number of para-hydroxylation sites is 1. The molecular weight excluding hydrogens is 287 g/mol. The van der Waals surface area contributed by atoms with Crippen molar-refractivity contribution in [3.63, 3.8) is 0 Å². The molecule has 1 atom stereocenters. The predicted molar refractivity (Wildman–Crippen MR) is 84.1 cm³/mol. The number of hydrogen-bond acceptors (Lipinski definition) is 4. The van der Waals surface area contributed by atoms with Crippen LogP contribution in [0.2, 0.25) is 0 Å². The van der Waals surface area contributed by atoms with E-state index in [4.69, 9.17) is 10.5 Å². The number of ether oxygens (including phenoxy) is 1. The summed E-state index contributed by atoms with van der Waals surface area (Å²) in [6, 6.07) is 6.30. The second kappa shape index (κ2) is 6.12. The van der Waals surface area contributed by atoms with Crippen molar-refractivity contribution in [1.82, 2.24) is 4.98 Å². The summed E-state index contributed by atoms with van der Waals surface area (Å²) in [5.41, 5.74) is 6.95. The van der Waals surface area contributed by atoms with E-state index in [1.54, 1.807) is 18.2 Å². The largest absolute Gasteiger partial charge is 0.483 e. The van der Waals surface area contributed by atoms with Gasteiger partial charge in [0.1, 0.15) is 11.6 Å². The van der Waals surface area contributed by atoms with Gasteiger partial charge in [0.15, 0.2) is 11.6 Å². The Kier molecular flexibility index (Phi) is 4.64. The molecule has 114 valence electrons. The first-order valence-corrected chi connectivity index (χ1v) is 7.73. The normalized spacial score (nSPS) is 13.2. The van der Waals surface area contributed by atoms with Gasteiger partial charge in [-0.05, 0) is 19.1 Å². The molecule has 2 N–H and O–H groups in total. The molecule has 21 heavy (non-hydrogen) atoms. The second-order valence-corrected chi connectivity index (χ2v) is 7.19. The molecule has 0 radical (unpaired) electrons. The minimum Gasteiger partial charge on any atom is -0.483 e. The maximum absolute atomic E-state index is 13.5. The van der Waals surface area contributed by atoms with Gasteiger partial charge >= 0.3 is 0 Å².